The molecule has 9 nitrogen and oxygen atoms in total. The summed E-state index contributed by atoms with van der Waals surface area (Å²) in [6, 6.07) is 19.9. The third-order valence-electron chi connectivity index (χ3n) is 9.53. The van der Waals surface area contributed by atoms with Gasteiger partial charge < -0.3 is 23.1 Å². The smallest absolute Gasteiger partial charge is 0.448 e. The lowest BCUT2D eigenvalue weighted by atomic mass is 9.75. The summed E-state index contributed by atoms with van der Waals surface area (Å²) in [7, 11) is -6.04. The Bertz CT molecular complexity index is 1660. The van der Waals surface area contributed by atoms with E-state index in [4.69, 9.17) is 18.2 Å². The number of hydrogen-bond acceptors (Lipinski definition) is 8. The first-order valence-electron chi connectivity index (χ1n) is 15.2. The molecule has 2 fully saturated rings. The molecule has 3 aliphatic rings. The van der Waals surface area contributed by atoms with Crippen LogP contribution in [0.25, 0.3) is 11.1 Å². The maximum atomic E-state index is 13.7. The van der Waals surface area contributed by atoms with E-state index in [2.05, 4.69) is 29.2 Å². The van der Waals surface area contributed by atoms with E-state index in [-0.39, 0.29) is 24.4 Å². The first-order valence-corrected chi connectivity index (χ1v) is 16.5. The first-order chi connectivity index (χ1) is 21.2. The molecule has 0 aromatic heterocycles. The van der Waals surface area contributed by atoms with Crippen molar-refractivity contribution in [2.24, 2.45) is 0 Å². The molecule has 2 saturated heterocycles. The van der Waals surface area contributed by atoms with E-state index in [0.29, 0.717) is 49.3 Å². The highest BCUT2D eigenvalue weighted by atomic mass is 32.3. The molecular formula is C33H38BFN2O7S. The van der Waals surface area contributed by atoms with Gasteiger partial charge in [-0.2, -0.15) is 8.42 Å². The van der Waals surface area contributed by atoms with Crippen molar-refractivity contribution in [3.63, 3.8) is 0 Å². The minimum Gasteiger partial charge on any atom is -0.448 e. The van der Waals surface area contributed by atoms with E-state index >= 15 is 0 Å². The van der Waals surface area contributed by atoms with Crippen LogP contribution in [0.3, 0.4) is 0 Å². The van der Waals surface area contributed by atoms with Gasteiger partial charge in [0.1, 0.15) is 12.4 Å². The van der Waals surface area contributed by atoms with Gasteiger partial charge in [-0.1, -0.05) is 58.5 Å². The summed E-state index contributed by atoms with van der Waals surface area (Å²) >= 11 is 0. The van der Waals surface area contributed by atoms with Crippen molar-refractivity contribution in [2.75, 3.05) is 32.8 Å². The molecular weight excluding hydrogens is 598 g/mol. The Labute approximate surface area is 264 Å². The Morgan fingerprint density at radius 2 is 1.49 bits per heavy atom. The van der Waals surface area contributed by atoms with Crippen LogP contribution < -0.4 is 9.65 Å². The second-order valence-electron chi connectivity index (χ2n) is 12.9. The van der Waals surface area contributed by atoms with Crippen molar-refractivity contribution in [3.8, 4) is 16.9 Å². The zero-order valence-corrected chi connectivity index (χ0v) is 27.0. The van der Waals surface area contributed by atoms with Crippen LogP contribution in [0.4, 0.5) is 8.68 Å². The van der Waals surface area contributed by atoms with Crippen molar-refractivity contribution in [1.82, 2.24) is 9.80 Å². The summed E-state index contributed by atoms with van der Waals surface area (Å²) in [6.07, 6.45) is -0.348. The normalized spacial score (nSPS) is 19.3. The monoisotopic (exact) mass is 636 g/mol. The van der Waals surface area contributed by atoms with Crippen LogP contribution in [-0.2, 0) is 31.1 Å². The summed E-state index contributed by atoms with van der Waals surface area (Å²) in [5, 5.41) is 0. The summed E-state index contributed by atoms with van der Waals surface area (Å²) in [5.74, 6) is -0.121. The summed E-state index contributed by atoms with van der Waals surface area (Å²) < 4.78 is 59.5. The number of piperazine rings is 1. The van der Waals surface area contributed by atoms with Gasteiger partial charge in [-0.05, 0) is 79.5 Å². The summed E-state index contributed by atoms with van der Waals surface area (Å²) in [6.45, 7) is 12.1. The molecule has 12 heteroatoms. The van der Waals surface area contributed by atoms with Gasteiger partial charge in [0.2, 0.25) is 0 Å². The fourth-order valence-electron chi connectivity index (χ4n) is 6.30. The number of nitrogens with zero attached hydrogens (tertiary/aromatic N) is 2. The molecule has 0 atom stereocenters. The van der Waals surface area contributed by atoms with E-state index < -0.39 is 28.8 Å². The van der Waals surface area contributed by atoms with E-state index in [1.54, 1.807) is 11.8 Å². The summed E-state index contributed by atoms with van der Waals surface area (Å²) in [4.78, 5) is 16.9. The second-order valence-corrected chi connectivity index (χ2v) is 13.9. The Hall–Kier alpha value is -3.45. The number of ether oxygens (including phenoxy) is 1. The lowest BCUT2D eigenvalue weighted by Crippen LogP contribution is -2.48. The van der Waals surface area contributed by atoms with Crippen molar-refractivity contribution in [2.45, 2.75) is 58.3 Å². The van der Waals surface area contributed by atoms with Crippen LogP contribution in [-0.4, -0.2) is 75.4 Å². The second kappa shape index (κ2) is 11.7. The highest BCUT2D eigenvalue weighted by Gasteiger charge is 2.52. The number of benzene rings is 3. The average molecular weight is 637 g/mol. The molecule has 0 unspecified atom stereocenters. The van der Waals surface area contributed by atoms with E-state index in [1.807, 2.05) is 58.0 Å². The Kier molecular flexibility index (Phi) is 8.22. The van der Waals surface area contributed by atoms with Gasteiger partial charge in [-0.25, -0.2) is 4.79 Å². The fourth-order valence-corrected chi connectivity index (χ4v) is 6.69. The van der Waals surface area contributed by atoms with E-state index in [1.165, 1.54) is 28.3 Å². The van der Waals surface area contributed by atoms with Crippen LogP contribution in [0.1, 0.15) is 55.9 Å². The minimum atomic E-state index is -5.25. The fraction of sp³-hybridized carbons (Fsp3) is 0.424. The van der Waals surface area contributed by atoms with Crippen molar-refractivity contribution < 1.29 is 35.3 Å². The minimum absolute atomic E-state index is 0.00750. The van der Waals surface area contributed by atoms with E-state index in [0.717, 1.165) is 0 Å². The lowest BCUT2D eigenvalue weighted by Gasteiger charge is -2.34. The van der Waals surface area contributed by atoms with Crippen LogP contribution in [0.15, 0.2) is 60.7 Å². The molecule has 1 amide bonds. The predicted molar refractivity (Wildman–Crippen MR) is 169 cm³/mol. The molecule has 0 saturated carbocycles. The quantitative estimate of drug-likeness (QED) is 0.266. The number of carbonyl (C=O) groups excluding carboxylic acids is 1. The van der Waals surface area contributed by atoms with Crippen LogP contribution in [0, 0.1) is 6.92 Å². The Balaban J connectivity index is 1.11. The van der Waals surface area contributed by atoms with Gasteiger partial charge in [0.05, 0.1) is 11.2 Å². The number of rotatable bonds is 7. The van der Waals surface area contributed by atoms with Crippen LogP contribution >= 0.6 is 0 Å². The number of hydrogen-bond donors (Lipinski definition) is 0. The maximum absolute atomic E-state index is 13.7. The molecule has 2 heterocycles. The average Bonchev–Trinajstić information content (AvgIpc) is 3.41. The van der Waals surface area contributed by atoms with Gasteiger partial charge in [0.15, 0.2) is 0 Å². The molecule has 3 aromatic rings. The van der Waals surface area contributed by atoms with Crippen LogP contribution in [0.2, 0.25) is 0 Å². The Morgan fingerprint density at radius 1 is 0.933 bits per heavy atom. The molecule has 0 radical (unpaired) electrons. The third-order valence-corrected chi connectivity index (χ3v) is 9.91. The van der Waals surface area contributed by atoms with E-state index in [9.17, 15) is 17.1 Å². The van der Waals surface area contributed by atoms with Gasteiger partial charge in [0.25, 0.3) is 0 Å². The summed E-state index contributed by atoms with van der Waals surface area (Å²) in [5.41, 5.74) is 5.14. The third kappa shape index (κ3) is 6.33. The van der Waals surface area contributed by atoms with Crippen molar-refractivity contribution >= 4 is 29.2 Å². The van der Waals surface area contributed by atoms with Gasteiger partial charge in [-0.3, -0.25) is 4.90 Å². The number of carbonyl (C=O) groups is 1. The molecule has 45 heavy (non-hydrogen) atoms. The zero-order chi connectivity index (χ0) is 32.1. The molecule has 0 bridgehead atoms. The molecule has 0 spiro atoms. The molecule has 238 valence electrons. The first kappa shape index (κ1) is 31.5. The largest absolute Gasteiger partial charge is 0.495 e. The number of amides is 1. The van der Waals surface area contributed by atoms with Crippen molar-refractivity contribution in [3.05, 3.63) is 82.9 Å². The number of fused-ring (bicyclic) bond motifs is 3. The molecule has 3 aromatic carbocycles. The highest BCUT2D eigenvalue weighted by molar-refractivity contribution is 7.81. The number of halogens is 1. The topological polar surface area (TPSA) is 94.6 Å². The van der Waals surface area contributed by atoms with Gasteiger partial charge >= 0.3 is 23.7 Å². The SMILES string of the molecule is Cc1c(OS(=O)(=O)F)cc(CN2CCN(C(=O)OCC3c4ccccc4-c4ccccc43)CC2)cc1B1OC(C)(C)C(C)(C)O1. The Morgan fingerprint density at radius 3 is 2.04 bits per heavy atom. The van der Waals surface area contributed by atoms with Crippen LogP contribution in [0.5, 0.6) is 5.75 Å². The zero-order valence-electron chi connectivity index (χ0n) is 26.2. The van der Waals surface area contributed by atoms with Gasteiger partial charge in [-0.15, -0.1) is 0 Å². The molecule has 1 aliphatic carbocycles. The van der Waals surface area contributed by atoms with Crippen molar-refractivity contribution in [1.29, 1.82) is 0 Å². The standard InChI is InChI=1S/C33H38BFN2O7S/c1-22-29(34-43-32(2,3)33(4,5)44-34)18-23(19-30(22)42-45(35,39)40)20-36-14-16-37(17-15-36)31(38)41-21-28-26-12-8-6-10-24(26)25-11-7-9-13-27(25)28/h6-13,18-19,28H,14-17,20-21H2,1-5H3. The molecule has 2 aliphatic heterocycles. The maximum Gasteiger partial charge on any atom is 0.495 e. The lowest BCUT2D eigenvalue weighted by molar-refractivity contribution is 0.00578. The highest BCUT2D eigenvalue weighted by Crippen LogP contribution is 2.44. The van der Waals surface area contributed by atoms with Gasteiger partial charge in [0, 0.05) is 38.6 Å². The molecule has 6 rings (SSSR count). The predicted octanol–water partition coefficient (Wildman–Crippen LogP) is 4.95. The molecule has 0 N–H and O–H groups in total.